The summed E-state index contributed by atoms with van der Waals surface area (Å²) in [6.07, 6.45) is 7.78. The summed E-state index contributed by atoms with van der Waals surface area (Å²) in [5, 5.41) is 0. The Labute approximate surface area is 124 Å². The van der Waals surface area contributed by atoms with Crippen molar-refractivity contribution in [1.29, 1.82) is 0 Å². The average Bonchev–Trinajstić information content (AvgIpc) is 2.95. The molecule has 0 N–H and O–H groups in total. The number of fused-ring (bicyclic) bond motifs is 1. The number of ether oxygens (including phenoxy) is 1. The molecule has 0 aromatic carbocycles. The van der Waals surface area contributed by atoms with Gasteiger partial charge in [0.1, 0.15) is 0 Å². The van der Waals surface area contributed by atoms with Crippen molar-refractivity contribution in [3.63, 3.8) is 0 Å². The summed E-state index contributed by atoms with van der Waals surface area (Å²) in [6.45, 7) is 6.52. The van der Waals surface area contributed by atoms with Crippen LogP contribution in [0.25, 0.3) is 5.65 Å². The maximum absolute atomic E-state index is 12.0. The van der Waals surface area contributed by atoms with Crippen LogP contribution >= 0.6 is 0 Å². The molecule has 0 unspecified atom stereocenters. The third kappa shape index (κ3) is 2.73. The molecule has 1 fully saturated rings. The Balaban J connectivity index is 1.99. The number of hydrogen-bond acceptors (Lipinski definition) is 4. The second-order valence-electron chi connectivity index (χ2n) is 5.66. The lowest BCUT2D eigenvalue weighted by molar-refractivity contribution is 0.0526. The predicted molar refractivity (Wildman–Crippen MR) is 81.8 cm³/mol. The molecule has 5 heteroatoms. The summed E-state index contributed by atoms with van der Waals surface area (Å²) < 4.78 is 7.02. The van der Waals surface area contributed by atoms with Crippen LogP contribution in [0, 0.1) is 5.92 Å². The van der Waals surface area contributed by atoms with Crippen molar-refractivity contribution in [2.75, 3.05) is 24.6 Å². The molecule has 0 amide bonds. The number of piperidine rings is 1. The first-order chi connectivity index (χ1) is 10.2. The fourth-order valence-electron chi connectivity index (χ4n) is 2.82. The number of nitrogens with zero attached hydrogens (tertiary/aromatic N) is 3. The molecule has 3 heterocycles. The van der Waals surface area contributed by atoms with Gasteiger partial charge in [0.05, 0.1) is 17.9 Å². The van der Waals surface area contributed by atoms with Gasteiger partial charge in [-0.1, -0.05) is 6.92 Å². The Kier molecular flexibility index (Phi) is 3.82. The lowest BCUT2D eigenvalue weighted by Crippen LogP contribution is -2.33. The van der Waals surface area contributed by atoms with Gasteiger partial charge < -0.3 is 14.0 Å². The fraction of sp³-hybridized carbons (Fsp3) is 0.500. The van der Waals surface area contributed by atoms with Gasteiger partial charge in [-0.2, -0.15) is 0 Å². The van der Waals surface area contributed by atoms with Crippen LogP contribution in [0.15, 0.2) is 24.7 Å². The molecule has 1 aliphatic rings. The second kappa shape index (κ2) is 5.76. The number of pyridine rings is 1. The highest BCUT2D eigenvalue weighted by Crippen LogP contribution is 2.27. The maximum atomic E-state index is 12.0. The van der Waals surface area contributed by atoms with Crippen LogP contribution < -0.4 is 4.90 Å². The topological polar surface area (TPSA) is 46.8 Å². The highest BCUT2D eigenvalue weighted by Gasteiger charge is 2.20. The molecule has 21 heavy (non-hydrogen) atoms. The quantitative estimate of drug-likeness (QED) is 0.814. The first-order valence-corrected chi connectivity index (χ1v) is 7.58. The van der Waals surface area contributed by atoms with Gasteiger partial charge in [0.25, 0.3) is 0 Å². The minimum atomic E-state index is -0.278. The van der Waals surface area contributed by atoms with E-state index in [0.717, 1.165) is 30.3 Å². The molecule has 5 nitrogen and oxygen atoms in total. The fourth-order valence-corrected chi connectivity index (χ4v) is 2.82. The summed E-state index contributed by atoms with van der Waals surface area (Å²) in [5.74, 6) is 0.491. The molecule has 2 aromatic heterocycles. The summed E-state index contributed by atoms with van der Waals surface area (Å²) in [7, 11) is 0. The molecular formula is C16H21N3O2. The molecule has 0 aliphatic carbocycles. The highest BCUT2D eigenvalue weighted by atomic mass is 16.5. The number of carbonyl (C=O) groups is 1. The van der Waals surface area contributed by atoms with Crippen molar-refractivity contribution >= 4 is 17.3 Å². The van der Waals surface area contributed by atoms with E-state index < -0.39 is 0 Å². The van der Waals surface area contributed by atoms with Gasteiger partial charge in [-0.15, -0.1) is 0 Å². The Bertz CT molecular complexity index is 642. The van der Waals surface area contributed by atoms with Crippen molar-refractivity contribution in [3.8, 4) is 0 Å². The third-order valence-corrected chi connectivity index (χ3v) is 4.10. The van der Waals surface area contributed by atoms with E-state index in [4.69, 9.17) is 4.74 Å². The number of hydrogen-bond donors (Lipinski definition) is 0. The highest BCUT2D eigenvalue weighted by molar-refractivity contribution is 5.92. The predicted octanol–water partition coefficient (Wildman–Crippen LogP) is 2.75. The molecule has 3 rings (SSSR count). The van der Waals surface area contributed by atoms with Gasteiger partial charge in [-0.25, -0.2) is 9.78 Å². The van der Waals surface area contributed by atoms with Crippen molar-refractivity contribution in [2.45, 2.75) is 26.7 Å². The van der Waals surface area contributed by atoms with E-state index in [2.05, 4.69) is 16.8 Å². The van der Waals surface area contributed by atoms with Gasteiger partial charge >= 0.3 is 5.97 Å². The monoisotopic (exact) mass is 287 g/mol. The second-order valence-corrected chi connectivity index (χ2v) is 5.66. The van der Waals surface area contributed by atoms with Crippen molar-refractivity contribution < 1.29 is 9.53 Å². The van der Waals surface area contributed by atoms with Crippen LogP contribution in [0.4, 0.5) is 5.69 Å². The van der Waals surface area contributed by atoms with Crippen molar-refractivity contribution in [1.82, 2.24) is 9.38 Å². The first kappa shape index (κ1) is 13.9. The lowest BCUT2D eigenvalue weighted by Gasteiger charge is -2.32. The van der Waals surface area contributed by atoms with Gasteiger partial charge in [0.15, 0.2) is 5.65 Å². The van der Waals surface area contributed by atoms with E-state index in [9.17, 15) is 4.79 Å². The molecule has 2 aromatic rings. The largest absolute Gasteiger partial charge is 0.462 e. The summed E-state index contributed by atoms with van der Waals surface area (Å²) in [4.78, 5) is 18.8. The van der Waals surface area contributed by atoms with E-state index in [1.807, 2.05) is 23.6 Å². The molecule has 112 valence electrons. The van der Waals surface area contributed by atoms with Crippen LogP contribution in [0.1, 0.15) is 37.0 Å². The van der Waals surface area contributed by atoms with Crippen LogP contribution in [-0.2, 0) is 4.74 Å². The van der Waals surface area contributed by atoms with E-state index >= 15 is 0 Å². The van der Waals surface area contributed by atoms with E-state index in [1.165, 1.54) is 12.8 Å². The number of anilines is 1. The van der Waals surface area contributed by atoms with E-state index in [-0.39, 0.29) is 5.97 Å². The van der Waals surface area contributed by atoms with Crippen LogP contribution in [-0.4, -0.2) is 35.1 Å². The average molecular weight is 287 g/mol. The molecule has 0 spiro atoms. The van der Waals surface area contributed by atoms with E-state index in [1.54, 1.807) is 12.4 Å². The van der Waals surface area contributed by atoms with Crippen LogP contribution in [0.5, 0.6) is 0 Å². The standard InChI is InChI=1S/C16H21N3O2/c1-3-21-16(20)13-10-14(15-17-6-9-19(15)11-13)18-7-4-12(2)5-8-18/h6,9-12H,3-5,7-8H2,1-2H3. The molecule has 0 bridgehead atoms. The Hall–Kier alpha value is -2.04. The summed E-state index contributed by atoms with van der Waals surface area (Å²) >= 11 is 0. The van der Waals surface area contributed by atoms with Gasteiger partial charge in [0, 0.05) is 31.7 Å². The normalized spacial score (nSPS) is 16.4. The SMILES string of the molecule is CCOC(=O)c1cc(N2CCC(C)CC2)c2nccn2c1. The number of esters is 1. The van der Waals surface area contributed by atoms with Crippen LogP contribution in [0.2, 0.25) is 0 Å². The number of carbonyl (C=O) groups excluding carboxylic acids is 1. The molecule has 0 saturated carbocycles. The minimum Gasteiger partial charge on any atom is -0.462 e. The smallest absolute Gasteiger partial charge is 0.339 e. The molecule has 0 radical (unpaired) electrons. The Morgan fingerprint density at radius 2 is 2.19 bits per heavy atom. The zero-order valence-electron chi connectivity index (χ0n) is 12.6. The number of rotatable bonds is 3. The lowest BCUT2D eigenvalue weighted by atomic mass is 9.99. The molecule has 0 atom stereocenters. The Morgan fingerprint density at radius 3 is 2.90 bits per heavy atom. The minimum absolute atomic E-state index is 0.278. The van der Waals surface area contributed by atoms with Gasteiger partial charge in [-0.3, -0.25) is 0 Å². The van der Waals surface area contributed by atoms with Gasteiger partial charge in [0.2, 0.25) is 0 Å². The third-order valence-electron chi connectivity index (χ3n) is 4.10. The van der Waals surface area contributed by atoms with Crippen LogP contribution in [0.3, 0.4) is 0 Å². The first-order valence-electron chi connectivity index (χ1n) is 7.58. The van der Waals surface area contributed by atoms with E-state index in [0.29, 0.717) is 12.2 Å². The molecule has 1 aliphatic heterocycles. The summed E-state index contributed by atoms with van der Waals surface area (Å²) in [5.41, 5.74) is 2.51. The van der Waals surface area contributed by atoms with Crippen molar-refractivity contribution in [3.05, 3.63) is 30.2 Å². The van der Waals surface area contributed by atoms with Crippen molar-refractivity contribution in [2.24, 2.45) is 5.92 Å². The maximum Gasteiger partial charge on any atom is 0.339 e. The Morgan fingerprint density at radius 1 is 1.43 bits per heavy atom. The number of aromatic nitrogens is 2. The molecule has 1 saturated heterocycles. The van der Waals surface area contributed by atoms with Gasteiger partial charge in [-0.05, 0) is 31.7 Å². The summed E-state index contributed by atoms with van der Waals surface area (Å²) in [6, 6.07) is 1.91. The zero-order valence-corrected chi connectivity index (χ0v) is 12.6. The zero-order chi connectivity index (χ0) is 14.8. The molecular weight excluding hydrogens is 266 g/mol. The number of imidazole rings is 1.